The van der Waals surface area contributed by atoms with E-state index in [4.69, 9.17) is 10.2 Å². The summed E-state index contributed by atoms with van der Waals surface area (Å²) in [7, 11) is 0. The van der Waals surface area contributed by atoms with Crippen molar-refractivity contribution in [3.8, 4) is 0 Å². The number of hydrogen-bond donors (Lipinski definition) is 1. The number of rotatable bonds is 3. The van der Waals surface area contributed by atoms with Crippen molar-refractivity contribution < 1.29 is 18.4 Å². The molecule has 0 radical (unpaired) electrons. The average molecular weight is 374 g/mol. The largest absolute Gasteiger partial charge is 0.446 e. The molecule has 134 valence electrons. The highest BCUT2D eigenvalue weighted by Gasteiger charge is 2.26. The van der Waals surface area contributed by atoms with Gasteiger partial charge >= 0.3 is 0 Å². The summed E-state index contributed by atoms with van der Waals surface area (Å²) < 4.78 is 19.3. The maximum atomic E-state index is 13.3. The lowest BCUT2D eigenvalue weighted by Crippen LogP contribution is -2.48. The van der Waals surface area contributed by atoms with Crippen LogP contribution in [0, 0.1) is 5.82 Å². The van der Waals surface area contributed by atoms with Crippen LogP contribution in [0.1, 0.15) is 21.1 Å². The Morgan fingerprint density at radius 3 is 2.54 bits per heavy atom. The molecule has 1 saturated heterocycles. The molecule has 1 aromatic carbocycles. The normalized spacial score (nSPS) is 14.8. The zero-order chi connectivity index (χ0) is 18.3. The van der Waals surface area contributed by atoms with Crippen LogP contribution in [-0.2, 0) is 0 Å². The molecule has 3 heterocycles. The number of hydrogen-bond acceptors (Lipinski definition) is 6. The third-order valence-electron chi connectivity index (χ3n) is 4.24. The molecule has 2 aromatic heterocycles. The number of halogens is 1. The fourth-order valence-corrected chi connectivity index (χ4v) is 3.91. The minimum atomic E-state index is -0.707. The van der Waals surface area contributed by atoms with Gasteiger partial charge in [0, 0.05) is 26.2 Å². The van der Waals surface area contributed by atoms with Crippen molar-refractivity contribution in [1.82, 2.24) is 9.88 Å². The van der Waals surface area contributed by atoms with Gasteiger partial charge in [-0.3, -0.25) is 9.59 Å². The standard InChI is InChI=1S/C17H15FN4O3S/c18-10-1-2-11-14(9-10)26-17(20-11)22-7-5-21(6-8-22)16(24)13-4-3-12(25-13)15(19)23/h1-4,9H,5-8H2,(H2,19,23). The van der Waals surface area contributed by atoms with Crippen molar-refractivity contribution in [2.75, 3.05) is 31.1 Å². The first-order valence-electron chi connectivity index (χ1n) is 8.01. The van der Waals surface area contributed by atoms with E-state index in [1.807, 2.05) is 0 Å². The molecule has 1 fully saturated rings. The Bertz CT molecular complexity index is 991. The van der Waals surface area contributed by atoms with Gasteiger partial charge in [-0.25, -0.2) is 9.37 Å². The summed E-state index contributed by atoms with van der Waals surface area (Å²) in [6.07, 6.45) is 0. The number of nitrogens with two attached hydrogens (primary N) is 1. The van der Waals surface area contributed by atoms with Gasteiger partial charge in [-0.2, -0.15) is 0 Å². The van der Waals surface area contributed by atoms with Crippen LogP contribution in [0.4, 0.5) is 9.52 Å². The lowest BCUT2D eigenvalue weighted by atomic mass is 10.3. The first-order valence-corrected chi connectivity index (χ1v) is 8.83. The number of thiazole rings is 1. The maximum absolute atomic E-state index is 13.3. The number of anilines is 1. The molecule has 0 unspecified atom stereocenters. The van der Waals surface area contributed by atoms with E-state index in [1.54, 1.807) is 11.0 Å². The van der Waals surface area contributed by atoms with Crippen molar-refractivity contribution in [2.45, 2.75) is 0 Å². The number of fused-ring (bicyclic) bond motifs is 1. The number of benzene rings is 1. The monoisotopic (exact) mass is 374 g/mol. The molecule has 2 N–H and O–H groups in total. The highest BCUT2D eigenvalue weighted by molar-refractivity contribution is 7.22. The van der Waals surface area contributed by atoms with Gasteiger partial charge < -0.3 is 20.0 Å². The maximum Gasteiger partial charge on any atom is 0.289 e. The zero-order valence-electron chi connectivity index (χ0n) is 13.6. The SMILES string of the molecule is NC(=O)c1ccc(C(=O)N2CCN(c3nc4ccc(F)cc4s3)CC2)o1. The molecular formula is C17H15FN4O3S. The van der Waals surface area contributed by atoms with Crippen LogP contribution in [-0.4, -0.2) is 47.9 Å². The van der Waals surface area contributed by atoms with Crippen molar-refractivity contribution in [2.24, 2.45) is 5.73 Å². The fraction of sp³-hybridized carbons (Fsp3) is 0.235. The number of amides is 2. The Balaban J connectivity index is 1.44. The van der Waals surface area contributed by atoms with Crippen LogP contribution in [0.5, 0.6) is 0 Å². The van der Waals surface area contributed by atoms with E-state index >= 15 is 0 Å². The molecule has 1 aliphatic rings. The quantitative estimate of drug-likeness (QED) is 0.758. The number of nitrogens with zero attached hydrogens (tertiary/aromatic N) is 3. The Labute approximate surface area is 151 Å². The van der Waals surface area contributed by atoms with Gasteiger partial charge in [-0.15, -0.1) is 0 Å². The van der Waals surface area contributed by atoms with Gasteiger partial charge in [0.15, 0.2) is 16.7 Å². The van der Waals surface area contributed by atoms with Crippen LogP contribution in [0.3, 0.4) is 0 Å². The highest BCUT2D eigenvalue weighted by atomic mass is 32.1. The summed E-state index contributed by atoms with van der Waals surface area (Å²) in [6, 6.07) is 7.39. The molecule has 3 aromatic rings. The molecule has 4 rings (SSSR count). The number of piperazine rings is 1. The topological polar surface area (TPSA) is 92.7 Å². The predicted molar refractivity (Wildman–Crippen MR) is 94.9 cm³/mol. The second kappa shape index (κ2) is 6.41. The zero-order valence-corrected chi connectivity index (χ0v) is 14.5. The van der Waals surface area contributed by atoms with E-state index < -0.39 is 5.91 Å². The van der Waals surface area contributed by atoms with E-state index in [9.17, 15) is 14.0 Å². The van der Waals surface area contributed by atoms with Gasteiger partial charge in [-0.05, 0) is 30.3 Å². The molecule has 0 spiro atoms. The molecule has 2 amide bonds. The van der Waals surface area contributed by atoms with Crippen LogP contribution in [0.25, 0.3) is 10.2 Å². The van der Waals surface area contributed by atoms with Crippen LogP contribution < -0.4 is 10.6 Å². The van der Waals surface area contributed by atoms with Crippen LogP contribution in [0.2, 0.25) is 0 Å². The lowest BCUT2D eigenvalue weighted by Gasteiger charge is -2.34. The van der Waals surface area contributed by atoms with Crippen molar-refractivity contribution in [3.63, 3.8) is 0 Å². The Kier molecular flexibility index (Phi) is 4.08. The minimum Gasteiger partial charge on any atom is -0.446 e. The molecule has 26 heavy (non-hydrogen) atoms. The third-order valence-corrected chi connectivity index (χ3v) is 5.32. The van der Waals surface area contributed by atoms with Gasteiger partial charge in [-0.1, -0.05) is 11.3 Å². The smallest absolute Gasteiger partial charge is 0.289 e. The molecule has 0 bridgehead atoms. The third kappa shape index (κ3) is 3.01. The number of carbonyl (C=O) groups excluding carboxylic acids is 2. The van der Waals surface area contributed by atoms with Crippen LogP contribution in [0.15, 0.2) is 34.7 Å². The second-order valence-electron chi connectivity index (χ2n) is 5.92. The highest BCUT2D eigenvalue weighted by Crippen LogP contribution is 2.30. The first-order chi connectivity index (χ1) is 12.5. The number of carbonyl (C=O) groups is 2. The summed E-state index contributed by atoms with van der Waals surface area (Å²) in [4.78, 5) is 31.8. The summed E-state index contributed by atoms with van der Waals surface area (Å²) in [6.45, 7) is 2.21. The molecule has 0 atom stereocenters. The van der Waals surface area contributed by atoms with E-state index in [1.165, 1.54) is 35.6 Å². The summed E-state index contributed by atoms with van der Waals surface area (Å²) in [5, 5.41) is 0.812. The van der Waals surface area contributed by atoms with Crippen molar-refractivity contribution in [1.29, 1.82) is 0 Å². The molecule has 7 nitrogen and oxygen atoms in total. The summed E-state index contributed by atoms with van der Waals surface area (Å²) >= 11 is 1.43. The van der Waals surface area contributed by atoms with Gasteiger partial charge in [0.1, 0.15) is 5.82 Å². The van der Waals surface area contributed by atoms with E-state index in [-0.39, 0.29) is 23.2 Å². The average Bonchev–Trinajstić information content (AvgIpc) is 3.28. The fourth-order valence-electron chi connectivity index (χ4n) is 2.86. The Hall–Kier alpha value is -2.94. The number of furan rings is 1. The lowest BCUT2D eigenvalue weighted by molar-refractivity contribution is 0.0712. The van der Waals surface area contributed by atoms with E-state index in [2.05, 4.69) is 9.88 Å². The molecular weight excluding hydrogens is 359 g/mol. The first kappa shape index (κ1) is 16.5. The Morgan fingerprint density at radius 1 is 1.12 bits per heavy atom. The molecule has 0 saturated carbocycles. The molecule has 9 heteroatoms. The molecule has 0 aliphatic carbocycles. The summed E-state index contributed by atoms with van der Waals surface area (Å²) in [5.74, 6) is -1.20. The van der Waals surface area contributed by atoms with E-state index in [0.717, 1.165) is 15.3 Å². The summed E-state index contributed by atoms with van der Waals surface area (Å²) in [5.41, 5.74) is 5.90. The van der Waals surface area contributed by atoms with Crippen molar-refractivity contribution >= 4 is 38.5 Å². The number of aromatic nitrogens is 1. The predicted octanol–water partition coefficient (Wildman–Crippen LogP) is 2.09. The van der Waals surface area contributed by atoms with Crippen LogP contribution >= 0.6 is 11.3 Å². The molecule has 1 aliphatic heterocycles. The van der Waals surface area contributed by atoms with E-state index in [0.29, 0.717) is 26.2 Å². The number of primary amides is 1. The van der Waals surface area contributed by atoms with Gasteiger partial charge in [0.2, 0.25) is 0 Å². The van der Waals surface area contributed by atoms with Gasteiger partial charge in [0.05, 0.1) is 10.2 Å². The van der Waals surface area contributed by atoms with Gasteiger partial charge in [0.25, 0.3) is 11.8 Å². The van der Waals surface area contributed by atoms with Crippen molar-refractivity contribution in [3.05, 3.63) is 47.7 Å². The minimum absolute atomic E-state index is 0.0336. The second-order valence-corrected chi connectivity index (χ2v) is 6.92. The Morgan fingerprint density at radius 2 is 1.85 bits per heavy atom.